The molecule has 0 N–H and O–H groups in total. The minimum absolute atomic E-state index is 0.00422. The standard InChI is InChI=1S/C14H13N2O5/c1-4-16-11-6-14(21-9(3)18)13(20-8(2)17)5-10(11)12(19)7-15-16/h5-6H,4H2,1-3H3. The summed E-state index contributed by atoms with van der Waals surface area (Å²) in [6, 6.07) is 2.79. The van der Waals surface area contributed by atoms with Gasteiger partial charge in [0.1, 0.15) is 0 Å². The molecule has 0 unspecified atom stereocenters. The molecule has 0 spiro atoms. The van der Waals surface area contributed by atoms with E-state index in [2.05, 4.69) is 11.3 Å². The van der Waals surface area contributed by atoms with Gasteiger partial charge in [-0.25, -0.2) is 0 Å². The van der Waals surface area contributed by atoms with Crippen molar-refractivity contribution in [2.45, 2.75) is 27.3 Å². The summed E-state index contributed by atoms with van der Waals surface area (Å²) in [6.07, 6.45) is 2.34. The SMILES string of the molecule is CCn1n[c]c(=O)c2cc(OC(C)=O)c(OC(C)=O)cc21. The van der Waals surface area contributed by atoms with Crippen LogP contribution >= 0.6 is 0 Å². The molecule has 1 radical (unpaired) electrons. The van der Waals surface area contributed by atoms with E-state index >= 15 is 0 Å². The zero-order valence-corrected chi connectivity index (χ0v) is 11.8. The summed E-state index contributed by atoms with van der Waals surface area (Å²) in [5.41, 5.74) is 0.0332. The Balaban J connectivity index is 2.75. The normalized spacial score (nSPS) is 10.4. The number of hydrogen-bond acceptors (Lipinski definition) is 6. The van der Waals surface area contributed by atoms with Gasteiger partial charge in [0.25, 0.3) is 0 Å². The fourth-order valence-corrected chi connectivity index (χ4v) is 1.87. The Morgan fingerprint density at radius 1 is 1.19 bits per heavy atom. The van der Waals surface area contributed by atoms with Crippen LogP contribution in [0.4, 0.5) is 0 Å². The highest BCUT2D eigenvalue weighted by molar-refractivity contribution is 5.85. The van der Waals surface area contributed by atoms with Crippen molar-refractivity contribution in [3.8, 4) is 11.5 Å². The first-order valence-corrected chi connectivity index (χ1v) is 6.25. The lowest BCUT2D eigenvalue weighted by Gasteiger charge is -2.12. The lowest BCUT2D eigenvalue weighted by molar-refractivity contribution is -0.134. The third kappa shape index (κ3) is 3.07. The van der Waals surface area contributed by atoms with Crippen LogP contribution in [-0.4, -0.2) is 21.7 Å². The molecule has 0 atom stereocenters. The Labute approximate surface area is 120 Å². The predicted octanol–water partition coefficient (Wildman–Crippen LogP) is 1.07. The van der Waals surface area contributed by atoms with E-state index < -0.39 is 17.4 Å². The van der Waals surface area contributed by atoms with Crippen molar-refractivity contribution in [2.24, 2.45) is 0 Å². The molecule has 0 saturated carbocycles. The minimum atomic E-state index is -0.586. The van der Waals surface area contributed by atoms with Crippen molar-refractivity contribution in [1.82, 2.24) is 9.78 Å². The van der Waals surface area contributed by atoms with Crippen LogP contribution in [0.5, 0.6) is 11.5 Å². The monoisotopic (exact) mass is 289 g/mol. The van der Waals surface area contributed by atoms with Gasteiger partial charge in [-0.3, -0.25) is 19.1 Å². The molecule has 0 fully saturated rings. The minimum Gasteiger partial charge on any atom is -0.423 e. The van der Waals surface area contributed by atoms with Crippen molar-refractivity contribution in [3.63, 3.8) is 0 Å². The van der Waals surface area contributed by atoms with Gasteiger partial charge >= 0.3 is 11.9 Å². The maximum atomic E-state index is 11.8. The Morgan fingerprint density at radius 3 is 2.29 bits per heavy atom. The highest BCUT2D eigenvalue weighted by Gasteiger charge is 2.15. The summed E-state index contributed by atoms with van der Waals surface area (Å²) in [5.74, 6) is -1.09. The van der Waals surface area contributed by atoms with Crippen LogP contribution in [0.25, 0.3) is 10.9 Å². The van der Waals surface area contributed by atoms with E-state index in [4.69, 9.17) is 9.47 Å². The van der Waals surface area contributed by atoms with Crippen LogP contribution in [-0.2, 0) is 16.1 Å². The number of esters is 2. The number of ether oxygens (including phenoxy) is 2. The van der Waals surface area contributed by atoms with E-state index in [1.54, 1.807) is 0 Å². The van der Waals surface area contributed by atoms with Gasteiger partial charge in [0.15, 0.2) is 17.7 Å². The Hall–Kier alpha value is -2.70. The maximum Gasteiger partial charge on any atom is 0.308 e. The largest absolute Gasteiger partial charge is 0.423 e. The van der Waals surface area contributed by atoms with Crippen LogP contribution in [0.1, 0.15) is 20.8 Å². The number of carbonyl (C=O) groups is 2. The lowest BCUT2D eigenvalue weighted by Crippen LogP contribution is -2.14. The fourth-order valence-electron chi connectivity index (χ4n) is 1.87. The molecule has 7 nitrogen and oxygen atoms in total. The summed E-state index contributed by atoms with van der Waals surface area (Å²) in [4.78, 5) is 34.1. The molecule has 1 aromatic heterocycles. The van der Waals surface area contributed by atoms with Crippen molar-refractivity contribution < 1.29 is 19.1 Å². The highest BCUT2D eigenvalue weighted by Crippen LogP contribution is 2.31. The number of aryl methyl sites for hydroxylation is 1. The molecule has 0 aliphatic rings. The zero-order chi connectivity index (χ0) is 15.6. The van der Waals surface area contributed by atoms with Crippen molar-refractivity contribution in [1.29, 1.82) is 0 Å². The number of fused-ring (bicyclic) bond motifs is 1. The number of nitrogens with zero attached hydrogens (tertiary/aromatic N) is 2. The van der Waals surface area contributed by atoms with Crippen molar-refractivity contribution >= 4 is 22.8 Å². The van der Waals surface area contributed by atoms with E-state index in [1.807, 2.05) is 6.92 Å². The van der Waals surface area contributed by atoms with Crippen LogP contribution in [0.2, 0.25) is 0 Å². The van der Waals surface area contributed by atoms with E-state index in [0.29, 0.717) is 12.1 Å². The summed E-state index contributed by atoms with van der Waals surface area (Å²) in [7, 11) is 0. The van der Waals surface area contributed by atoms with Crippen LogP contribution in [0.15, 0.2) is 16.9 Å². The molecular formula is C14H13N2O5. The van der Waals surface area contributed by atoms with Gasteiger partial charge in [-0.2, -0.15) is 5.10 Å². The molecule has 0 bridgehead atoms. The van der Waals surface area contributed by atoms with Gasteiger partial charge in [-0.1, -0.05) is 0 Å². The molecule has 1 heterocycles. The number of rotatable bonds is 3. The first-order chi connectivity index (χ1) is 9.92. The molecule has 1 aromatic carbocycles. The molecule has 21 heavy (non-hydrogen) atoms. The number of carbonyl (C=O) groups excluding carboxylic acids is 2. The maximum absolute atomic E-state index is 11.8. The van der Waals surface area contributed by atoms with Crippen LogP contribution < -0.4 is 14.9 Å². The second kappa shape index (κ2) is 5.74. The first-order valence-electron chi connectivity index (χ1n) is 6.25. The van der Waals surface area contributed by atoms with E-state index in [0.717, 1.165) is 0 Å². The average Bonchev–Trinajstić information content (AvgIpc) is 2.39. The third-order valence-corrected chi connectivity index (χ3v) is 2.66. The van der Waals surface area contributed by atoms with Crippen molar-refractivity contribution in [3.05, 3.63) is 28.6 Å². The number of hydrogen-bond donors (Lipinski definition) is 0. The molecule has 109 valence electrons. The average molecular weight is 289 g/mol. The van der Waals surface area contributed by atoms with Gasteiger partial charge in [0, 0.05) is 26.5 Å². The molecule has 0 amide bonds. The summed E-state index contributed by atoms with van der Waals surface area (Å²) in [5, 5.41) is 4.14. The smallest absolute Gasteiger partial charge is 0.308 e. The molecule has 0 saturated heterocycles. The molecule has 2 aromatic rings. The van der Waals surface area contributed by atoms with E-state index in [-0.39, 0.29) is 16.9 Å². The number of aromatic nitrogens is 2. The summed E-state index contributed by atoms with van der Waals surface area (Å²) in [6.45, 7) is 4.78. The van der Waals surface area contributed by atoms with Crippen LogP contribution in [0.3, 0.4) is 0 Å². The molecule has 7 heteroatoms. The summed E-state index contributed by atoms with van der Waals surface area (Å²) < 4.78 is 11.5. The Morgan fingerprint density at radius 2 is 1.76 bits per heavy atom. The van der Waals surface area contributed by atoms with E-state index in [9.17, 15) is 14.4 Å². The summed E-state index contributed by atoms with van der Waals surface area (Å²) >= 11 is 0. The van der Waals surface area contributed by atoms with E-state index in [1.165, 1.54) is 30.7 Å². The van der Waals surface area contributed by atoms with Gasteiger partial charge in [0.2, 0.25) is 5.43 Å². The topological polar surface area (TPSA) is 87.5 Å². The van der Waals surface area contributed by atoms with Gasteiger partial charge in [-0.05, 0) is 13.0 Å². The second-order valence-corrected chi connectivity index (χ2v) is 4.26. The second-order valence-electron chi connectivity index (χ2n) is 4.26. The quantitative estimate of drug-likeness (QED) is 0.620. The molecule has 0 aliphatic heterocycles. The van der Waals surface area contributed by atoms with Gasteiger partial charge in [-0.15, -0.1) is 0 Å². The van der Waals surface area contributed by atoms with Crippen LogP contribution in [0, 0.1) is 6.20 Å². The zero-order valence-electron chi connectivity index (χ0n) is 11.8. The Bertz CT molecular complexity index is 779. The van der Waals surface area contributed by atoms with Crippen molar-refractivity contribution in [2.75, 3.05) is 0 Å². The first kappa shape index (κ1) is 14.7. The lowest BCUT2D eigenvalue weighted by atomic mass is 10.2. The number of benzene rings is 1. The molecular weight excluding hydrogens is 276 g/mol. The Kier molecular flexibility index (Phi) is 4.02. The van der Waals surface area contributed by atoms with Gasteiger partial charge in [0.05, 0.1) is 10.9 Å². The molecule has 0 aliphatic carbocycles. The predicted molar refractivity (Wildman–Crippen MR) is 73.1 cm³/mol. The highest BCUT2D eigenvalue weighted by atomic mass is 16.6. The van der Waals surface area contributed by atoms with Gasteiger partial charge < -0.3 is 9.47 Å². The third-order valence-electron chi connectivity index (χ3n) is 2.66. The molecule has 2 rings (SSSR count). The fraction of sp³-hybridized carbons (Fsp3) is 0.286.